The molecule has 0 bridgehead atoms. The molecule has 7 nitrogen and oxygen atoms in total. The van der Waals surface area contributed by atoms with E-state index in [1.165, 1.54) is 0 Å². The number of hydrogen-bond donors (Lipinski definition) is 2. The third-order valence-electron chi connectivity index (χ3n) is 5.73. The van der Waals surface area contributed by atoms with Crippen molar-refractivity contribution in [1.29, 1.82) is 0 Å². The Morgan fingerprint density at radius 3 is 2.33 bits per heavy atom. The molecule has 0 radical (unpaired) electrons. The number of hydrogen-bond acceptors (Lipinski definition) is 5. The Labute approximate surface area is 145 Å². The summed E-state index contributed by atoms with van der Waals surface area (Å²) in [7, 11) is 1.65. The van der Waals surface area contributed by atoms with Gasteiger partial charge in [-0.3, -0.25) is 9.59 Å². The summed E-state index contributed by atoms with van der Waals surface area (Å²) < 4.78 is 5.37. The van der Waals surface area contributed by atoms with Crippen molar-refractivity contribution in [2.45, 2.75) is 65.5 Å². The van der Waals surface area contributed by atoms with Crippen molar-refractivity contribution in [3.05, 3.63) is 0 Å². The van der Waals surface area contributed by atoms with Crippen LogP contribution in [0.25, 0.3) is 0 Å². The number of ether oxygens (including phenoxy) is 1. The lowest BCUT2D eigenvalue weighted by atomic mass is 9.64. The van der Waals surface area contributed by atoms with E-state index in [1.807, 2.05) is 13.8 Å². The van der Waals surface area contributed by atoms with Crippen LogP contribution in [0, 0.1) is 10.8 Å². The van der Waals surface area contributed by atoms with Gasteiger partial charge in [0.25, 0.3) is 0 Å². The molecule has 0 aromatic rings. The number of carbonyl (C=O) groups is 2. The molecule has 0 spiro atoms. The Balaban J connectivity index is 2.68. The molecule has 1 fully saturated rings. The van der Waals surface area contributed by atoms with Gasteiger partial charge in [0.2, 0.25) is 11.8 Å². The van der Waals surface area contributed by atoms with Crippen molar-refractivity contribution in [2.75, 3.05) is 20.3 Å². The summed E-state index contributed by atoms with van der Waals surface area (Å²) in [5.41, 5.74) is 4.88. The zero-order valence-electron chi connectivity index (χ0n) is 15.6. The molecule has 1 aliphatic heterocycles. The van der Waals surface area contributed by atoms with E-state index in [9.17, 15) is 9.59 Å². The summed E-state index contributed by atoms with van der Waals surface area (Å²) in [6.07, 6.45) is 2.14. The zero-order chi connectivity index (χ0) is 18.5. The molecular formula is C17H33N3O4. The van der Waals surface area contributed by atoms with Gasteiger partial charge in [-0.1, -0.05) is 27.7 Å². The highest BCUT2D eigenvalue weighted by atomic mass is 16.6. The van der Waals surface area contributed by atoms with Crippen molar-refractivity contribution in [3.63, 3.8) is 0 Å². The average molecular weight is 343 g/mol. The van der Waals surface area contributed by atoms with Crippen LogP contribution in [0.2, 0.25) is 0 Å². The monoisotopic (exact) mass is 343 g/mol. The number of likely N-dealkylation sites (tertiary alicyclic amines) is 1. The molecule has 0 saturated carbocycles. The quantitative estimate of drug-likeness (QED) is 0.612. The molecule has 0 aromatic carbocycles. The molecule has 4 N–H and O–H groups in total. The number of rotatable bonds is 9. The summed E-state index contributed by atoms with van der Waals surface area (Å²) in [6.45, 7) is 9.06. The van der Waals surface area contributed by atoms with Crippen LogP contribution in [0.15, 0.2) is 0 Å². The summed E-state index contributed by atoms with van der Waals surface area (Å²) in [5, 5.41) is 0. The van der Waals surface area contributed by atoms with Gasteiger partial charge < -0.3 is 20.2 Å². The fourth-order valence-electron chi connectivity index (χ4n) is 3.20. The summed E-state index contributed by atoms with van der Waals surface area (Å²) in [5.74, 6) is 4.93. The van der Waals surface area contributed by atoms with Crippen molar-refractivity contribution in [2.24, 2.45) is 22.5 Å². The van der Waals surface area contributed by atoms with E-state index in [4.69, 9.17) is 21.2 Å². The van der Waals surface area contributed by atoms with Gasteiger partial charge in [-0.25, -0.2) is 5.90 Å². The number of methoxy groups -OCH3 is 1. The summed E-state index contributed by atoms with van der Waals surface area (Å²) in [4.78, 5) is 30.5. The van der Waals surface area contributed by atoms with Gasteiger partial charge in [-0.05, 0) is 23.7 Å². The second kappa shape index (κ2) is 8.27. The molecule has 0 aliphatic carbocycles. The minimum Gasteiger partial charge on any atom is -0.380 e. The Morgan fingerprint density at radius 2 is 1.83 bits per heavy atom. The molecule has 2 atom stereocenters. The van der Waals surface area contributed by atoms with Gasteiger partial charge in [0.15, 0.2) is 0 Å². The van der Waals surface area contributed by atoms with E-state index in [0.717, 1.165) is 6.42 Å². The van der Waals surface area contributed by atoms with E-state index >= 15 is 0 Å². The van der Waals surface area contributed by atoms with Crippen LogP contribution in [0.1, 0.15) is 53.4 Å². The Kier molecular flexibility index (Phi) is 7.19. The van der Waals surface area contributed by atoms with Crippen molar-refractivity contribution in [1.82, 2.24) is 4.90 Å². The molecule has 2 amide bonds. The third-order valence-corrected chi connectivity index (χ3v) is 5.73. The van der Waals surface area contributed by atoms with E-state index in [2.05, 4.69) is 13.8 Å². The average Bonchev–Trinajstić information content (AvgIpc) is 2.87. The lowest BCUT2D eigenvalue weighted by Crippen LogP contribution is -2.41. The van der Waals surface area contributed by atoms with E-state index in [-0.39, 0.29) is 34.8 Å². The number of amides is 2. The minimum atomic E-state index is -0.318. The fourth-order valence-corrected chi connectivity index (χ4v) is 3.20. The van der Waals surface area contributed by atoms with Crippen molar-refractivity contribution >= 4 is 11.8 Å². The molecule has 1 aliphatic rings. The largest absolute Gasteiger partial charge is 0.380 e. The molecule has 140 valence electrons. The molecule has 1 saturated heterocycles. The molecule has 1 heterocycles. The molecule has 0 aromatic heterocycles. The maximum atomic E-state index is 12.7. The van der Waals surface area contributed by atoms with Gasteiger partial charge in [-0.2, -0.15) is 0 Å². The van der Waals surface area contributed by atoms with Crippen LogP contribution in [0.5, 0.6) is 0 Å². The second-order valence-electron chi connectivity index (χ2n) is 8.04. The van der Waals surface area contributed by atoms with Gasteiger partial charge in [-0.15, -0.1) is 0 Å². The number of nitrogens with zero attached hydrogens (tertiary/aromatic N) is 1. The molecular weight excluding hydrogens is 310 g/mol. The highest BCUT2D eigenvalue weighted by Gasteiger charge is 2.40. The predicted octanol–water partition coefficient (Wildman–Crippen LogP) is 1.20. The normalized spacial score (nSPS) is 22.0. The van der Waals surface area contributed by atoms with Crippen LogP contribution < -0.4 is 11.6 Å². The fraction of sp³-hybridized carbons (Fsp3) is 0.882. The topological polar surface area (TPSA) is 108 Å². The van der Waals surface area contributed by atoms with Crippen molar-refractivity contribution < 1.29 is 19.2 Å². The van der Waals surface area contributed by atoms with Crippen LogP contribution in [0.3, 0.4) is 0 Å². The minimum absolute atomic E-state index is 0.0217. The predicted molar refractivity (Wildman–Crippen MR) is 91.7 cm³/mol. The first-order chi connectivity index (χ1) is 11.0. The third kappa shape index (κ3) is 5.16. The van der Waals surface area contributed by atoms with Gasteiger partial charge >= 0.3 is 0 Å². The lowest BCUT2D eigenvalue weighted by molar-refractivity contribution is -0.134. The van der Waals surface area contributed by atoms with Crippen LogP contribution in [-0.2, 0) is 19.2 Å². The molecule has 2 unspecified atom stereocenters. The van der Waals surface area contributed by atoms with E-state index in [0.29, 0.717) is 32.4 Å². The number of primary amides is 1. The van der Waals surface area contributed by atoms with Gasteiger partial charge in [0.05, 0.1) is 18.8 Å². The molecule has 24 heavy (non-hydrogen) atoms. The van der Waals surface area contributed by atoms with Crippen LogP contribution >= 0.6 is 0 Å². The standard InChI is InChI=1S/C17H33N3O4/c1-16(2,17(3,4)9-14(18)21)7-6-15(22)20-10-13(23-5)8-12(20)11-24-19/h12-13H,6-11,19H2,1-5H3,(H2,18,21). The first-order valence-corrected chi connectivity index (χ1v) is 8.46. The van der Waals surface area contributed by atoms with Crippen LogP contribution in [-0.4, -0.2) is 49.1 Å². The molecule has 7 heteroatoms. The molecule has 1 rings (SSSR count). The number of nitrogens with two attached hydrogens (primary N) is 2. The second-order valence-corrected chi connectivity index (χ2v) is 8.04. The van der Waals surface area contributed by atoms with Gasteiger partial charge in [0.1, 0.15) is 0 Å². The zero-order valence-corrected chi connectivity index (χ0v) is 15.6. The maximum Gasteiger partial charge on any atom is 0.223 e. The smallest absolute Gasteiger partial charge is 0.223 e. The Hall–Kier alpha value is -1.18. The summed E-state index contributed by atoms with van der Waals surface area (Å²) in [6, 6.07) is -0.0470. The SMILES string of the molecule is COC1CC(CON)N(C(=O)CCC(C)(C)C(C)(C)CC(N)=O)C1. The highest BCUT2D eigenvalue weighted by Crippen LogP contribution is 2.44. The summed E-state index contributed by atoms with van der Waals surface area (Å²) >= 11 is 0. The van der Waals surface area contributed by atoms with Gasteiger partial charge in [0, 0.05) is 26.5 Å². The number of carbonyl (C=O) groups excluding carboxylic acids is 2. The van der Waals surface area contributed by atoms with E-state index in [1.54, 1.807) is 12.0 Å². The van der Waals surface area contributed by atoms with Crippen molar-refractivity contribution in [3.8, 4) is 0 Å². The Morgan fingerprint density at radius 1 is 1.21 bits per heavy atom. The Bertz CT molecular complexity index is 451. The maximum absolute atomic E-state index is 12.7. The first-order valence-electron chi connectivity index (χ1n) is 8.46. The first kappa shape index (κ1) is 20.9. The highest BCUT2D eigenvalue weighted by molar-refractivity contribution is 5.77. The lowest BCUT2D eigenvalue weighted by Gasteiger charge is -2.41. The van der Waals surface area contributed by atoms with E-state index < -0.39 is 0 Å². The van der Waals surface area contributed by atoms with Crippen LogP contribution in [0.4, 0.5) is 0 Å².